The molecule has 0 heterocycles. The first kappa shape index (κ1) is 50.3. The third-order valence-corrected chi connectivity index (χ3v) is 9.17. The smallest absolute Gasteiger partial charge is 0.305 e. The number of ether oxygens (including phenoxy) is 2. The number of carbonyl (C=O) groups excluding carboxylic acids is 2. The Morgan fingerprint density at radius 2 is 1.08 bits per heavy atom. The van der Waals surface area contributed by atoms with E-state index in [1.165, 1.54) is 83.5 Å². The lowest BCUT2D eigenvalue weighted by Gasteiger charge is -2.12. The minimum Gasteiger partial charge on any atom is -0.463 e. The number of unbranched alkanes of at least 4 members (excludes halogenated alkanes) is 14. The second-order valence-electron chi connectivity index (χ2n) is 14.4. The number of hydrogen-bond donors (Lipinski definition) is 3. The molecular weight excluding hydrogens is 664 g/mol. The second kappa shape index (κ2) is 39.0. The van der Waals surface area contributed by atoms with E-state index in [0.717, 1.165) is 38.0 Å². The van der Waals surface area contributed by atoms with Crippen molar-refractivity contribution in [1.82, 2.24) is 0 Å². The molecule has 1 unspecified atom stereocenters. The maximum absolute atomic E-state index is 12.0. The van der Waals surface area contributed by atoms with Crippen LogP contribution in [0.15, 0.2) is 72.9 Å². The van der Waals surface area contributed by atoms with Gasteiger partial charge in [0.15, 0.2) is 0 Å². The summed E-state index contributed by atoms with van der Waals surface area (Å²) in [6, 6.07) is 0. The van der Waals surface area contributed by atoms with Crippen LogP contribution < -0.4 is 0 Å². The van der Waals surface area contributed by atoms with Crippen molar-refractivity contribution in [1.29, 1.82) is 0 Å². The second-order valence-corrected chi connectivity index (χ2v) is 14.4. The summed E-state index contributed by atoms with van der Waals surface area (Å²) in [7, 11) is 0. The molecule has 0 aromatic carbocycles. The molecule has 304 valence electrons. The molecule has 0 fully saturated rings. The van der Waals surface area contributed by atoms with Crippen molar-refractivity contribution in [2.75, 3.05) is 13.2 Å². The van der Waals surface area contributed by atoms with E-state index in [9.17, 15) is 24.9 Å². The Morgan fingerprint density at radius 3 is 1.62 bits per heavy atom. The Labute approximate surface area is 324 Å². The van der Waals surface area contributed by atoms with E-state index in [-0.39, 0.29) is 25.6 Å². The van der Waals surface area contributed by atoms with E-state index in [1.54, 1.807) is 24.3 Å². The Balaban J connectivity index is 3.69. The quantitative estimate of drug-likeness (QED) is 0.0253. The van der Waals surface area contributed by atoms with Gasteiger partial charge in [-0.25, -0.2) is 0 Å². The highest BCUT2D eigenvalue weighted by atomic mass is 16.6. The fourth-order valence-corrected chi connectivity index (χ4v) is 5.57. The zero-order valence-electron chi connectivity index (χ0n) is 33.9. The fraction of sp³-hybridized carbons (Fsp3) is 0.696. The molecule has 0 aliphatic rings. The highest BCUT2D eigenvalue weighted by Crippen LogP contribution is 2.16. The van der Waals surface area contributed by atoms with Crippen LogP contribution in [0.1, 0.15) is 168 Å². The van der Waals surface area contributed by atoms with Crippen LogP contribution in [-0.2, 0) is 19.1 Å². The number of hydrogen-bond acceptors (Lipinski definition) is 7. The van der Waals surface area contributed by atoms with Crippen molar-refractivity contribution >= 4 is 11.9 Å². The molecule has 7 heteroatoms. The monoisotopic (exact) mass is 743 g/mol. The molecule has 0 aromatic rings. The van der Waals surface area contributed by atoms with Gasteiger partial charge in [-0.15, -0.1) is 0 Å². The van der Waals surface area contributed by atoms with Gasteiger partial charge in [0.1, 0.15) is 19.3 Å². The molecule has 7 nitrogen and oxygen atoms in total. The van der Waals surface area contributed by atoms with Gasteiger partial charge in [0.05, 0.1) is 12.2 Å². The highest BCUT2D eigenvalue weighted by molar-refractivity contribution is 5.69. The van der Waals surface area contributed by atoms with Crippen molar-refractivity contribution in [2.45, 2.75) is 187 Å². The summed E-state index contributed by atoms with van der Waals surface area (Å²) in [4.78, 5) is 24.0. The average Bonchev–Trinajstić information content (AvgIpc) is 3.15. The van der Waals surface area contributed by atoms with Gasteiger partial charge in [-0.2, -0.15) is 0 Å². The van der Waals surface area contributed by atoms with Crippen LogP contribution in [0, 0.1) is 5.92 Å². The zero-order chi connectivity index (χ0) is 39.0. The fourth-order valence-electron chi connectivity index (χ4n) is 5.57. The van der Waals surface area contributed by atoms with Crippen molar-refractivity contribution in [3.63, 3.8) is 0 Å². The van der Waals surface area contributed by atoms with E-state index in [1.807, 2.05) is 48.6 Å². The van der Waals surface area contributed by atoms with Crippen molar-refractivity contribution in [3.8, 4) is 0 Å². The molecular formula is C46H78O7. The maximum Gasteiger partial charge on any atom is 0.305 e. The number of aliphatic hydroxyl groups excluding tert-OH is 3. The molecule has 0 spiro atoms. The third kappa shape index (κ3) is 38.8. The molecule has 0 amide bonds. The van der Waals surface area contributed by atoms with Gasteiger partial charge < -0.3 is 24.8 Å². The first-order valence-electron chi connectivity index (χ1n) is 21.1. The SMILES string of the molecule is CC/C=C\C[C@@H](O)/C=C/C=C\C/C=C\C=C\[C@@H](O)/C=C\CCCC(=O)OC[C@H](O)COC(=O)CCCCCCCCCCCCCCCCC(C)CC. The van der Waals surface area contributed by atoms with Crippen LogP contribution >= 0.6 is 0 Å². The van der Waals surface area contributed by atoms with Gasteiger partial charge in [-0.05, 0) is 44.4 Å². The lowest BCUT2D eigenvalue weighted by Crippen LogP contribution is -2.25. The minimum absolute atomic E-state index is 0.176. The lowest BCUT2D eigenvalue weighted by atomic mass is 9.99. The summed E-state index contributed by atoms with van der Waals surface area (Å²) >= 11 is 0. The summed E-state index contributed by atoms with van der Waals surface area (Å²) < 4.78 is 10.3. The summed E-state index contributed by atoms with van der Waals surface area (Å²) in [6.45, 7) is 6.33. The van der Waals surface area contributed by atoms with Gasteiger partial charge >= 0.3 is 11.9 Å². The van der Waals surface area contributed by atoms with E-state index in [4.69, 9.17) is 9.47 Å². The topological polar surface area (TPSA) is 113 Å². The van der Waals surface area contributed by atoms with Crippen LogP contribution in [0.2, 0.25) is 0 Å². The molecule has 0 bridgehead atoms. The van der Waals surface area contributed by atoms with Crippen LogP contribution in [0.5, 0.6) is 0 Å². The summed E-state index contributed by atoms with van der Waals surface area (Å²) in [5.41, 5.74) is 0. The van der Waals surface area contributed by atoms with Gasteiger partial charge in [0.25, 0.3) is 0 Å². The summed E-state index contributed by atoms with van der Waals surface area (Å²) in [5, 5.41) is 29.9. The number of carbonyl (C=O) groups is 2. The molecule has 53 heavy (non-hydrogen) atoms. The Kier molecular flexibility index (Phi) is 37.0. The van der Waals surface area contributed by atoms with E-state index < -0.39 is 24.3 Å². The molecule has 3 N–H and O–H groups in total. The zero-order valence-corrected chi connectivity index (χ0v) is 33.9. The van der Waals surface area contributed by atoms with Crippen LogP contribution in [0.4, 0.5) is 0 Å². The van der Waals surface area contributed by atoms with Gasteiger partial charge in [0, 0.05) is 12.8 Å². The number of aliphatic hydroxyl groups is 3. The molecule has 0 saturated carbocycles. The average molecular weight is 743 g/mol. The summed E-state index contributed by atoms with van der Waals surface area (Å²) in [5.74, 6) is 0.147. The predicted octanol–water partition coefficient (Wildman–Crippen LogP) is 11.1. The summed E-state index contributed by atoms with van der Waals surface area (Å²) in [6.07, 6.45) is 44.6. The van der Waals surface area contributed by atoms with E-state index in [0.29, 0.717) is 25.7 Å². The van der Waals surface area contributed by atoms with Crippen molar-refractivity contribution < 1.29 is 34.4 Å². The Morgan fingerprint density at radius 1 is 0.566 bits per heavy atom. The molecule has 0 aromatic heterocycles. The first-order chi connectivity index (χ1) is 25.8. The molecule has 0 rings (SSSR count). The number of allylic oxidation sites excluding steroid dienone is 8. The molecule has 0 radical (unpaired) electrons. The normalized spacial score (nSPS) is 14.8. The van der Waals surface area contributed by atoms with Crippen molar-refractivity contribution in [2.24, 2.45) is 5.92 Å². The van der Waals surface area contributed by atoms with Crippen LogP contribution in [-0.4, -0.2) is 58.8 Å². The third-order valence-electron chi connectivity index (χ3n) is 9.17. The lowest BCUT2D eigenvalue weighted by molar-refractivity contribution is -0.152. The largest absolute Gasteiger partial charge is 0.463 e. The maximum atomic E-state index is 12.0. The molecule has 4 atom stereocenters. The van der Waals surface area contributed by atoms with E-state index >= 15 is 0 Å². The minimum atomic E-state index is -1.04. The predicted molar refractivity (Wildman–Crippen MR) is 221 cm³/mol. The standard InChI is InChI=1S/C46H78O7/c1-4-6-25-33-42(47)34-27-21-17-15-18-22-28-35-43(48)36-29-24-31-38-46(51)53-40-44(49)39-52-45(50)37-30-23-19-14-12-10-8-7-9-11-13-16-20-26-32-41(3)5-2/h6,17-18,21-22,25,27-29,34-36,41-44,47-49H,4-5,7-16,19-20,23-24,26,30-33,37-40H2,1-3H3/b21-17-,22-18-,25-6-,34-27+,35-28+,36-29-/t41?,42-,43-,44-/m1/s1. The first-order valence-corrected chi connectivity index (χ1v) is 21.1. The number of rotatable bonds is 36. The van der Waals surface area contributed by atoms with E-state index in [2.05, 4.69) is 20.8 Å². The molecule has 0 aliphatic carbocycles. The molecule has 0 saturated heterocycles. The van der Waals surface area contributed by atoms with Crippen LogP contribution in [0.3, 0.4) is 0 Å². The van der Waals surface area contributed by atoms with Crippen LogP contribution in [0.25, 0.3) is 0 Å². The van der Waals surface area contributed by atoms with Gasteiger partial charge in [0.2, 0.25) is 0 Å². The van der Waals surface area contributed by atoms with Gasteiger partial charge in [-0.3, -0.25) is 9.59 Å². The Bertz CT molecular complexity index is 1020. The number of esters is 2. The van der Waals surface area contributed by atoms with Crippen molar-refractivity contribution in [3.05, 3.63) is 72.9 Å². The highest BCUT2D eigenvalue weighted by Gasteiger charge is 2.12. The Hall–Kier alpha value is -2.74. The molecule has 0 aliphatic heterocycles. The van der Waals surface area contributed by atoms with Gasteiger partial charge in [-0.1, -0.05) is 190 Å².